The van der Waals surface area contributed by atoms with Gasteiger partial charge in [-0.1, -0.05) is 6.07 Å². The van der Waals surface area contributed by atoms with E-state index in [-0.39, 0.29) is 31.1 Å². The minimum Gasteiger partial charge on any atom is -0.479 e. The Balaban J connectivity index is 1.70. The second-order valence-electron chi connectivity index (χ2n) is 6.66. The van der Waals surface area contributed by atoms with Gasteiger partial charge in [-0.05, 0) is 37.5 Å². The lowest BCUT2D eigenvalue weighted by Gasteiger charge is -2.23. The van der Waals surface area contributed by atoms with Gasteiger partial charge in [-0.3, -0.25) is 4.79 Å². The van der Waals surface area contributed by atoms with Gasteiger partial charge in [0.2, 0.25) is 0 Å². The highest BCUT2D eigenvalue weighted by molar-refractivity contribution is 5.98. The fraction of sp³-hybridized carbons (Fsp3) is 0.389. The Labute approximate surface area is 148 Å². The summed E-state index contributed by atoms with van der Waals surface area (Å²) < 4.78 is 20.3. The van der Waals surface area contributed by atoms with E-state index in [1.165, 1.54) is 12.1 Å². The molecule has 1 amide bonds. The van der Waals surface area contributed by atoms with Crippen LogP contribution in [-0.4, -0.2) is 45.5 Å². The molecule has 1 aromatic carbocycles. The van der Waals surface area contributed by atoms with Gasteiger partial charge in [-0.2, -0.15) is 5.10 Å². The number of aromatic nitrogens is 2. The summed E-state index contributed by atoms with van der Waals surface area (Å²) in [7, 11) is 0. The largest absolute Gasteiger partial charge is 0.479 e. The standard InChI is InChI=1S/C18H18FN3O4/c19-11-3-1-4-12(9-11)22-14-6-2-5-13(14)15(21-22)16(23)20-18(17(24)25)7-8-26-10-18/h1,3-4,9H,2,5-8,10H2,(H,20,23)(H,24,25). The monoisotopic (exact) mass is 359 g/mol. The van der Waals surface area contributed by atoms with Crippen molar-refractivity contribution in [2.75, 3.05) is 13.2 Å². The number of hydrogen-bond donors (Lipinski definition) is 2. The van der Waals surface area contributed by atoms with Crippen molar-refractivity contribution < 1.29 is 23.8 Å². The number of carboxylic acids is 1. The topological polar surface area (TPSA) is 93.5 Å². The van der Waals surface area contributed by atoms with E-state index in [0.717, 1.165) is 24.1 Å². The molecule has 2 N–H and O–H groups in total. The van der Waals surface area contributed by atoms with Crippen molar-refractivity contribution in [3.05, 3.63) is 47.0 Å². The number of fused-ring (bicyclic) bond motifs is 1. The van der Waals surface area contributed by atoms with Crippen molar-refractivity contribution in [1.29, 1.82) is 0 Å². The van der Waals surface area contributed by atoms with Crippen LogP contribution in [0.2, 0.25) is 0 Å². The molecule has 0 spiro atoms. The first-order valence-electron chi connectivity index (χ1n) is 8.50. The molecule has 2 aromatic rings. The predicted molar refractivity (Wildman–Crippen MR) is 88.8 cm³/mol. The first kappa shape index (κ1) is 16.7. The second kappa shape index (κ2) is 6.21. The maximum absolute atomic E-state index is 13.6. The molecule has 26 heavy (non-hydrogen) atoms. The first-order chi connectivity index (χ1) is 12.5. The quantitative estimate of drug-likeness (QED) is 0.862. The van der Waals surface area contributed by atoms with E-state index in [0.29, 0.717) is 12.1 Å². The number of ether oxygens (including phenoxy) is 1. The SMILES string of the molecule is O=C(NC1(C(=O)O)CCOC1)c1nn(-c2cccc(F)c2)c2c1CCC2. The van der Waals surface area contributed by atoms with Gasteiger partial charge in [0.15, 0.2) is 11.2 Å². The molecule has 1 unspecified atom stereocenters. The minimum absolute atomic E-state index is 0.0686. The molecule has 7 nitrogen and oxygen atoms in total. The van der Waals surface area contributed by atoms with Crippen LogP contribution in [0.3, 0.4) is 0 Å². The molecule has 136 valence electrons. The van der Waals surface area contributed by atoms with Crippen LogP contribution >= 0.6 is 0 Å². The van der Waals surface area contributed by atoms with Crippen LogP contribution in [-0.2, 0) is 22.4 Å². The molecule has 0 radical (unpaired) electrons. The van der Waals surface area contributed by atoms with Crippen LogP contribution in [0.15, 0.2) is 24.3 Å². The van der Waals surface area contributed by atoms with E-state index in [2.05, 4.69) is 10.4 Å². The highest BCUT2D eigenvalue weighted by atomic mass is 19.1. The maximum atomic E-state index is 13.6. The highest BCUT2D eigenvalue weighted by Gasteiger charge is 2.45. The summed E-state index contributed by atoms with van der Waals surface area (Å²) >= 11 is 0. The molecule has 1 aliphatic heterocycles. The minimum atomic E-state index is -1.43. The predicted octanol–water partition coefficient (Wildman–Crippen LogP) is 1.47. The zero-order chi connectivity index (χ0) is 18.3. The molecule has 2 aliphatic rings. The van der Waals surface area contributed by atoms with E-state index >= 15 is 0 Å². The summed E-state index contributed by atoms with van der Waals surface area (Å²) in [5.74, 6) is -2.04. The van der Waals surface area contributed by atoms with E-state index in [1.807, 2.05) is 0 Å². The fourth-order valence-electron chi connectivity index (χ4n) is 3.60. The Bertz CT molecular complexity index is 887. The number of nitrogens with zero attached hydrogens (tertiary/aromatic N) is 2. The number of rotatable bonds is 4. The average Bonchev–Trinajstić information content (AvgIpc) is 3.31. The van der Waals surface area contributed by atoms with E-state index in [1.54, 1.807) is 16.8 Å². The van der Waals surface area contributed by atoms with E-state index in [4.69, 9.17) is 4.74 Å². The molecule has 1 aromatic heterocycles. The average molecular weight is 359 g/mol. The lowest BCUT2D eigenvalue weighted by Crippen LogP contribution is -2.55. The number of carbonyl (C=O) groups is 2. The van der Waals surface area contributed by atoms with Gasteiger partial charge in [-0.15, -0.1) is 0 Å². The Morgan fingerprint density at radius 2 is 2.19 bits per heavy atom. The van der Waals surface area contributed by atoms with Crippen molar-refractivity contribution in [3.8, 4) is 5.69 Å². The van der Waals surface area contributed by atoms with Gasteiger partial charge in [0.1, 0.15) is 5.82 Å². The van der Waals surface area contributed by atoms with Gasteiger partial charge in [-0.25, -0.2) is 13.9 Å². The van der Waals surface area contributed by atoms with Gasteiger partial charge >= 0.3 is 5.97 Å². The molecule has 1 saturated heterocycles. The molecule has 8 heteroatoms. The van der Waals surface area contributed by atoms with E-state index < -0.39 is 17.4 Å². The number of halogens is 1. The Hall–Kier alpha value is -2.74. The summed E-state index contributed by atoms with van der Waals surface area (Å²) in [5, 5.41) is 16.5. The number of carboxylic acid groups (broad SMARTS) is 1. The Morgan fingerprint density at radius 1 is 1.35 bits per heavy atom. The molecular weight excluding hydrogens is 341 g/mol. The Kier molecular flexibility index (Phi) is 3.99. The summed E-state index contributed by atoms with van der Waals surface area (Å²) in [6.07, 6.45) is 2.50. The zero-order valence-corrected chi connectivity index (χ0v) is 14.0. The van der Waals surface area contributed by atoms with Gasteiger partial charge < -0.3 is 15.2 Å². The van der Waals surface area contributed by atoms with Crippen LogP contribution in [0, 0.1) is 5.82 Å². The second-order valence-corrected chi connectivity index (χ2v) is 6.66. The van der Waals surface area contributed by atoms with Crippen molar-refractivity contribution >= 4 is 11.9 Å². The van der Waals surface area contributed by atoms with Crippen LogP contribution in [0.1, 0.15) is 34.6 Å². The van der Waals surface area contributed by atoms with Crippen molar-refractivity contribution in [1.82, 2.24) is 15.1 Å². The smallest absolute Gasteiger partial charge is 0.331 e. The van der Waals surface area contributed by atoms with Gasteiger partial charge in [0, 0.05) is 24.3 Å². The first-order valence-corrected chi connectivity index (χ1v) is 8.50. The highest BCUT2D eigenvalue weighted by Crippen LogP contribution is 2.29. The molecule has 1 fully saturated rings. The fourth-order valence-corrected chi connectivity index (χ4v) is 3.60. The summed E-state index contributed by atoms with van der Waals surface area (Å²) in [6.45, 7) is 0.212. The van der Waals surface area contributed by atoms with Crippen LogP contribution in [0.5, 0.6) is 0 Å². The molecule has 4 rings (SSSR count). The number of aliphatic carboxylic acids is 1. The third-order valence-electron chi connectivity index (χ3n) is 4.98. The lowest BCUT2D eigenvalue weighted by atomic mass is 9.98. The van der Waals surface area contributed by atoms with E-state index in [9.17, 15) is 19.1 Å². The van der Waals surface area contributed by atoms with Crippen molar-refractivity contribution in [2.45, 2.75) is 31.2 Å². The number of carbonyl (C=O) groups excluding carboxylic acids is 1. The Morgan fingerprint density at radius 3 is 2.88 bits per heavy atom. The van der Waals surface area contributed by atoms with Crippen molar-refractivity contribution in [3.63, 3.8) is 0 Å². The molecule has 2 heterocycles. The lowest BCUT2D eigenvalue weighted by molar-refractivity contribution is -0.144. The summed E-state index contributed by atoms with van der Waals surface area (Å²) in [4.78, 5) is 24.4. The number of benzene rings is 1. The molecule has 1 aliphatic carbocycles. The van der Waals surface area contributed by atoms with Crippen LogP contribution < -0.4 is 5.32 Å². The summed E-state index contributed by atoms with van der Waals surface area (Å²) in [6, 6.07) is 6.01. The molecule has 0 saturated carbocycles. The van der Waals surface area contributed by atoms with Crippen LogP contribution in [0.4, 0.5) is 4.39 Å². The third kappa shape index (κ3) is 2.66. The van der Waals surface area contributed by atoms with Crippen molar-refractivity contribution in [2.24, 2.45) is 0 Å². The number of nitrogens with one attached hydrogen (secondary N) is 1. The van der Waals surface area contributed by atoms with Crippen LogP contribution in [0.25, 0.3) is 5.69 Å². The summed E-state index contributed by atoms with van der Waals surface area (Å²) in [5.41, 5.74) is 0.984. The zero-order valence-electron chi connectivity index (χ0n) is 14.0. The number of amides is 1. The normalized spacial score (nSPS) is 21.6. The number of hydrogen-bond acceptors (Lipinski definition) is 4. The van der Waals surface area contributed by atoms with Gasteiger partial charge in [0.05, 0.1) is 12.3 Å². The third-order valence-corrected chi connectivity index (χ3v) is 4.98. The maximum Gasteiger partial charge on any atom is 0.331 e. The molecular formula is C18H18FN3O4. The molecule has 0 bridgehead atoms. The molecule has 1 atom stereocenters. The van der Waals surface area contributed by atoms with Gasteiger partial charge in [0.25, 0.3) is 5.91 Å².